The summed E-state index contributed by atoms with van der Waals surface area (Å²) in [6.07, 6.45) is -4.79. The number of nitrogens with one attached hydrogen (secondary N) is 1. The van der Waals surface area contributed by atoms with Crippen LogP contribution in [-0.4, -0.2) is 15.8 Å². The highest BCUT2D eigenvalue weighted by atomic mass is 35.5. The van der Waals surface area contributed by atoms with Gasteiger partial charge in [-0.3, -0.25) is 4.79 Å². The molecule has 1 aromatic heterocycles. The van der Waals surface area contributed by atoms with Crippen LogP contribution in [0.2, 0.25) is 0 Å². The normalized spacial score (nSPS) is 12.6. The summed E-state index contributed by atoms with van der Waals surface area (Å²) in [5, 5.41) is 1.24. The Balaban J connectivity index is 3.18. The van der Waals surface area contributed by atoms with E-state index in [1.165, 1.54) is 0 Å². The first-order valence-corrected chi connectivity index (χ1v) is 4.94. The smallest absolute Gasteiger partial charge is 0.418 e. The van der Waals surface area contributed by atoms with E-state index in [4.69, 9.17) is 11.6 Å². The molecule has 0 bridgehead atoms. The number of hydrogen-bond acceptors (Lipinski definition) is 4. The van der Waals surface area contributed by atoms with E-state index < -0.39 is 34.4 Å². The second-order valence-corrected chi connectivity index (χ2v) is 4.69. The minimum absolute atomic E-state index is 0.395. The number of hydrogen-bond donors (Lipinski definition) is 1. The van der Waals surface area contributed by atoms with Gasteiger partial charge in [0.1, 0.15) is 0 Å². The molecule has 96 valence electrons. The van der Waals surface area contributed by atoms with Crippen LogP contribution >= 0.6 is 11.6 Å². The van der Waals surface area contributed by atoms with Crippen molar-refractivity contribution < 1.29 is 22.4 Å². The van der Waals surface area contributed by atoms with Crippen molar-refractivity contribution in [3.63, 3.8) is 0 Å². The molecule has 0 unspecified atom stereocenters. The number of aromatic nitrogens is 1. The van der Waals surface area contributed by atoms with Gasteiger partial charge in [-0.2, -0.15) is 18.2 Å². The van der Waals surface area contributed by atoms with Gasteiger partial charge in [-0.25, -0.2) is 0 Å². The molecule has 1 aromatic rings. The highest BCUT2D eigenvalue weighted by Crippen LogP contribution is 2.34. The zero-order valence-corrected chi connectivity index (χ0v) is 10.0. The fraction of sp³-hybridized carbons (Fsp3) is 0.556. The summed E-state index contributed by atoms with van der Waals surface area (Å²) in [5.41, 5.74) is -1.98. The molecule has 0 aliphatic rings. The monoisotopic (exact) mass is 270 g/mol. The molecule has 0 fully saturated rings. The molecule has 4 nitrogen and oxygen atoms in total. The Bertz CT molecular complexity index is 434. The van der Waals surface area contributed by atoms with Crippen molar-refractivity contribution in [2.75, 3.05) is 5.32 Å². The molecule has 0 aromatic carbocycles. The zero-order valence-electron chi connectivity index (χ0n) is 9.28. The van der Waals surface area contributed by atoms with Crippen LogP contribution in [-0.2, 0) is 6.18 Å². The van der Waals surface area contributed by atoms with Crippen LogP contribution in [0.1, 0.15) is 37.0 Å². The van der Waals surface area contributed by atoms with Crippen molar-refractivity contribution in [2.24, 2.45) is 0 Å². The van der Waals surface area contributed by atoms with Gasteiger partial charge < -0.3 is 9.73 Å². The van der Waals surface area contributed by atoms with Crippen LogP contribution in [0.15, 0.2) is 4.42 Å². The van der Waals surface area contributed by atoms with Crippen LogP contribution in [0.5, 0.6) is 0 Å². The summed E-state index contributed by atoms with van der Waals surface area (Å²) in [4.78, 5) is 14.0. The lowest BCUT2D eigenvalue weighted by Crippen LogP contribution is -2.26. The molecule has 0 amide bonds. The molecular weight excluding hydrogens is 261 g/mol. The average molecular weight is 271 g/mol. The van der Waals surface area contributed by atoms with Gasteiger partial charge in [0.2, 0.25) is 5.76 Å². The third-order valence-corrected chi connectivity index (χ3v) is 1.73. The van der Waals surface area contributed by atoms with Gasteiger partial charge in [-0.1, -0.05) is 0 Å². The lowest BCUT2D eigenvalue weighted by Gasteiger charge is -2.18. The Kier molecular flexibility index (Phi) is 3.42. The van der Waals surface area contributed by atoms with E-state index in [1.807, 2.05) is 0 Å². The second-order valence-electron chi connectivity index (χ2n) is 4.34. The fourth-order valence-electron chi connectivity index (χ4n) is 1.02. The summed E-state index contributed by atoms with van der Waals surface area (Å²) in [7, 11) is 0. The summed E-state index contributed by atoms with van der Waals surface area (Å²) >= 11 is 5.00. The third kappa shape index (κ3) is 3.62. The van der Waals surface area contributed by atoms with Crippen molar-refractivity contribution in [3.8, 4) is 0 Å². The van der Waals surface area contributed by atoms with E-state index in [9.17, 15) is 18.0 Å². The fourth-order valence-corrected chi connectivity index (χ4v) is 1.15. The summed E-state index contributed by atoms with van der Waals surface area (Å²) < 4.78 is 42.1. The van der Waals surface area contributed by atoms with E-state index in [2.05, 4.69) is 14.7 Å². The summed E-state index contributed by atoms with van der Waals surface area (Å²) in [5.74, 6) is -1.01. The molecule has 8 heteroatoms. The van der Waals surface area contributed by atoms with E-state index >= 15 is 0 Å². The van der Waals surface area contributed by atoms with Crippen LogP contribution < -0.4 is 5.32 Å². The maximum absolute atomic E-state index is 12.5. The highest BCUT2D eigenvalue weighted by molar-refractivity contribution is 6.67. The summed E-state index contributed by atoms with van der Waals surface area (Å²) in [6, 6.07) is -0.395. The average Bonchev–Trinajstić information content (AvgIpc) is 2.43. The molecule has 0 atom stereocenters. The van der Waals surface area contributed by atoms with Crippen molar-refractivity contribution in [3.05, 3.63) is 11.5 Å². The maximum atomic E-state index is 12.5. The Morgan fingerprint density at radius 3 is 2.18 bits per heavy atom. The van der Waals surface area contributed by atoms with Crippen molar-refractivity contribution in [2.45, 2.75) is 32.5 Å². The molecule has 0 radical (unpaired) electrons. The van der Waals surface area contributed by atoms with Gasteiger partial charge >= 0.3 is 6.18 Å². The van der Waals surface area contributed by atoms with E-state index in [1.54, 1.807) is 20.8 Å². The number of alkyl halides is 3. The van der Waals surface area contributed by atoms with Crippen molar-refractivity contribution >= 4 is 22.9 Å². The molecule has 1 heterocycles. The largest absolute Gasteiger partial charge is 0.437 e. The van der Waals surface area contributed by atoms with Gasteiger partial charge in [0.15, 0.2) is 5.69 Å². The lowest BCUT2D eigenvalue weighted by molar-refractivity contribution is -0.141. The van der Waals surface area contributed by atoms with Gasteiger partial charge in [0.05, 0.1) is 0 Å². The van der Waals surface area contributed by atoms with Gasteiger partial charge in [-0.05, 0) is 32.4 Å². The Hall–Kier alpha value is -1.24. The number of nitrogens with zero attached hydrogens (tertiary/aromatic N) is 1. The Labute approximate surface area is 100 Å². The van der Waals surface area contributed by atoms with Crippen LogP contribution in [0, 0.1) is 0 Å². The van der Waals surface area contributed by atoms with Gasteiger partial charge in [0.25, 0.3) is 11.3 Å². The number of halogens is 4. The molecule has 0 spiro atoms. The van der Waals surface area contributed by atoms with E-state index in [0.29, 0.717) is 0 Å². The van der Waals surface area contributed by atoms with Crippen LogP contribution in [0.25, 0.3) is 0 Å². The minimum atomic E-state index is -4.79. The van der Waals surface area contributed by atoms with Gasteiger partial charge in [-0.15, -0.1) is 0 Å². The van der Waals surface area contributed by atoms with E-state index in [-0.39, 0.29) is 0 Å². The molecule has 17 heavy (non-hydrogen) atoms. The maximum Gasteiger partial charge on any atom is 0.437 e. The van der Waals surface area contributed by atoms with Crippen molar-refractivity contribution in [1.29, 1.82) is 0 Å². The molecular formula is C9H10ClF3N2O2. The SMILES string of the molecule is CC(C)(C)Nc1nc(C(F)(F)F)c(C(=O)Cl)o1. The molecule has 1 rings (SSSR count). The first-order valence-electron chi connectivity index (χ1n) is 4.57. The lowest BCUT2D eigenvalue weighted by atomic mass is 10.1. The number of anilines is 1. The highest BCUT2D eigenvalue weighted by Gasteiger charge is 2.41. The molecule has 1 N–H and O–H groups in total. The molecule has 0 aliphatic carbocycles. The number of rotatable bonds is 2. The molecule has 0 aliphatic heterocycles. The molecule has 0 saturated carbocycles. The Morgan fingerprint density at radius 1 is 1.35 bits per heavy atom. The molecule has 0 saturated heterocycles. The quantitative estimate of drug-likeness (QED) is 0.838. The van der Waals surface area contributed by atoms with E-state index in [0.717, 1.165) is 0 Å². The first-order chi connectivity index (χ1) is 7.50. The van der Waals surface area contributed by atoms with Crippen molar-refractivity contribution in [1.82, 2.24) is 4.98 Å². The summed E-state index contributed by atoms with van der Waals surface area (Å²) in [6.45, 7) is 5.10. The predicted octanol–water partition coefficient (Wildman–Crippen LogP) is 3.28. The standard InChI is InChI=1S/C9H10ClF3N2O2/c1-8(2,3)15-7-14-5(9(11,12)13)4(17-7)6(10)16/h1-3H3,(H,14,15). The Morgan fingerprint density at radius 2 is 1.88 bits per heavy atom. The third-order valence-electron chi connectivity index (χ3n) is 1.56. The topological polar surface area (TPSA) is 55.1 Å². The number of oxazole rings is 1. The van der Waals surface area contributed by atoms with Crippen LogP contribution in [0.3, 0.4) is 0 Å². The van der Waals surface area contributed by atoms with Gasteiger partial charge in [0, 0.05) is 5.54 Å². The zero-order chi connectivity index (χ0) is 13.4. The predicted molar refractivity (Wildman–Crippen MR) is 55.1 cm³/mol. The number of carbonyl (C=O) groups excluding carboxylic acids is 1. The first kappa shape index (κ1) is 13.8. The minimum Gasteiger partial charge on any atom is -0.418 e. The van der Waals surface area contributed by atoms with Crippen LogP contribution in [0.4, 0.5) is 19.2 Å². The second kappa shape index (κ2) is 4.21. The number of carbonyl (C=O) groups is 1.